The Labute approximate surface area is 130 Å². The molecule has 0 saturated carbocycles. The Hall–Kier alpha value is -2.17. The Kier molecular flexibility index (Phi) is 3.13. The highest BCUT2D eigenvalue weighted by molar-refractivity contribution is 5.88. The lowest BCUT2D eigenvalue weighted by Gasteiger charge is -2.28. The van der Waals surface area contributed by atoms with Gasteiger partial charge in [0.2, 0.25) is 0 Å². The number of tetrazole rings is 1. The van der Waals surface area contributed by atoms with Crippen LogP contribution in [0, 0.1) is 0 Å². The van der Waals surface area contributed by atoms with Crippen LogP contribution >= 0.6 is 0 Å². The van der Waals surface area contributed by atoms with Gasteiger partial charge in [-0.2, -0.15) is 5.21 Å². The smallest absolute Gasteiger partial charge is 0.274 e. The lowest BCUT2D eigenvalue weighted by atomic mass is 9.78. The molecule has 0 spiro atoms. The number of H-pyrrole nitrogens is 1. The number of aromatic nitrogens is 5. The molecule has 0 amide bonds. The van der Waals surface area contributed by atoms with Crippen LogP contribution in [0.1, 0.15) is 52.8 Å². The van der Waals surface area contributed by atoms with E-state index in [0.29, 0.717) is 5.95 Å². The van der Waals surface area contributed by atoms with Gasteiger partial charge < -0.3 is 0 Å². The Morgan fingerprint density at radius 3 is 2.18 bits per heavy atom. The predicted molar refractivity (Wildman–Crippen MR) is 88.4 cm³/mol. The largest absolute Gasteiger partial charge is 0.279 e. The van der Waals surface area contributed by atoms with Gasteiger partial charge in [0.1, 0.15) is 0 Å². The molecule has 1 aromatic carbocycles. The van der Waals surface area contributed by atoms with Crippen molar-refractivity contribution in [3.05, 3.63) is 35.5 Å². The maximum atomic E-state index is 4.22. The molecule has 0 aliphatic carbocycles. The highest BCUT2D eigenvalue weighted by Gasteiger charge is 2.33. The molecule has 3 aromatic rings. The van der Waals surface area contributed by atoms with Crippen molar-refractivity contribution in [2.75, 3.05) is 0 Å². The first-order chi connectivity index (χ1) is 10.2. The molecule has 0 bridgehead atoms. The van der Waals surface area contributed by atoms with E-state index in [1.807, 2.05) is 0 Å². The molecule has 0 radical (unpaired) electrons. The molecule has 0 unspecified atom stereocenters. The quantitative estimate of drug-likeness (QED) is 0.744. The second kappa shape index (κ2) is 4.66. The van der Waals surface area contributed by atoms with Gasteiger partial charge in [-0.25, -0.2) is 0 Å². The predicted octanol–water partition coefficient (Wildman–Crippen LogP) is 3.74. The molecular formula is C17H23N5. The van der Waals surface area contributed by atoms with E-state index in [-0.39, 0.29) is 10.8 Å². The van der Waals surface area contributed by atoms with Crippen LogP contribution in [0.3, 0.4) is 0 Å². The van der Waals surface area contributed by atoms with Gasteiger partial charge >= 0.3 is 0 Å². The molecule has 1 N–H and O–H groups in total. The minimum Gasteiger partial charge on any atom is -0.279 e. The van der Waals surface area contributed by atoms with E-state index in [1.54, 1.807) is 0 Å². The van der Waals surface area contributed by atoms with Gasteiger partial charge in [0.25, 0.3) is 5.95 Å². The summed E-state index contributed by atoms with van der Waals surface area (Å²) in [6.45, 7) is 13.5. The summed E-state index contributed by atoms with van der Waals surface area (Å²) in [5, 5.41) is 16.0. The van der Waals surface area contributed by atoms with Crippen LogP contribution in [0.4, 0.5) is 0 Å². The Balaban J connectivity index is 2.53. The highest BCUT2D eigenvalue weighted by atomic mass is 15.5. The van der Waals surface area contributed by atoms with Crippen LogP contribution in [-0.2, 0) is 10.8 Å². The summed E-state index contributed by atoms with van der Waals surface area (Å²) in [4.78, 5) is 0. The van der Waals surface area contributed by atoms with Crippen molar-refractivity contribution in [1.82, 2.24) is 25.2 Å². The maximum absolute atomic E-state index is 4.22. The number of para-hydroxylation sites is 1. The zero-order valence-corrected chi connectivity index (χ0v) is 14.1. The zero-order chi connectivity index (χ0) is 16.1. The van der Waals surface area contributed by atoms with Crippen molar-refractivity contribution < 1.29 is 0 Å². The molecule has 2 aromatic heterocycles. The number of hydrogen-bond donors (Lipinski definition) is 1. The molecule has 2 heterocycles. The van der Waals surface area contributed by atoms with E-state index in [2.05, 4.69) is 91.0 Å². The number of fused-ring (bicyclic) bond motifs is 1. The van der Waals surface area contributed by atoms with Gasteiger partial charge in [0.15, 0.2) is 0 Å². The fourth-order valence-electron chi connectivity index (χ4n) is 3.17. The molecule has 0 fully saturated rings. The zero-order valence-electron chi connectivity index (χ0n) is 14.1. The summed E-state index contributed by atoms with van der Waals surface area (Å²) < 4.78 is 2.14. The molecule has 116 valence electrons. The minimum atomic E-state index is -0.0394. The Morgan fingerprint density at radius 1 is 0.955 bits per heavy atom. The number of benzene rings is 1. The van der Waals surface area contributed by atoms with E-state index in [1.165, 1.54) is 16.6 Å². The van der Waals surface area contributed by atoms with E-state index in [0.717, 1.165) is 5.52 Å². The Bertz CT molecular complexity index is 798. The number of rotatable bonds is 1. The number of hydrogen-bond acceptors (Lipinski definition) is 3. The molecule has 0 saturated heterocycles. The topological polar surface area (TPSA) is 59.4 Å². The van der Waals surface area contributed by atoms with Crippen molar-refractivity contribution in [2.24, 2.45) is 0 Å². The SMILES string of the molecule is CC(C)(C)c1c(C(C)(C)C)n(-c2nn[nH]n2)c2ccccc12. The van der Waals surface area contributed by atoms with Crippen molar-refractivity contribution in [3.63, 3.8) is 0 Å². The Morgan fingerprint density at radius 2 is 1.64 bits per heavy atom. The first kappa shape index (κ1) is 14.8. The second-order valence-electron chi connectivity index (χ2n) is 7.79. The van der Waals surface area contributed by atoms with E-state index in [4.69, 9.17) is 0 Å². The van der Waals surface area contributed by atoms with Gasteiger partial charge in [-0.3, -0.25) is 4.57 Å². The summed E-state index contributed by atoms with van der Waals surface area (Å²) >= 11 is 0. The first-order valence-electron chi connectivity index (χ1n) is 7.59. The van der Waals surface area contributed by atoms with Gasteiger partial charge in [0, 0.05) is 16.5 Å². The van der Waals surface area contributed by atoms with Crippen molar-refractivity contribution in [1.29, 1.82) is 0 Å². The number of nitrogens with one attached hydrogen (secondary N) is 1. The summed E-state index contributed by atoms with van der Waals surface area (Å²) in [5.74, 6) is 0.594. The van der Waals surface area contributed by atoms with Gasteiger partial charge in [-0.15, -0.1) is 5.10 Å². The fraction of sp³-hybridized carbons (Fsp3) is 0.471. The summed E-state index contributed by atoms with van der Waals surface area (Å²) in [5.41, 5.74) is 3.70. The van der Waals surface area contributed by atoms with Crippen LogP contribution in [0.15, 0.2) is 24.3 Å². The van der Waals surface area contributed by atoms with Crippen molar-refractivity contribution >= 4 is 10.9 Å². The molecule has 5 heteroatoms. The van der Waals surface area contributed by atoms with Gasteiger partial charge in [-0.1, -0.05) is 64.8 Å². The fourth-order valence-corrected chi connectivity index (χ4v) is 3.17. The van der Waals surface area contributed by atoms with Gasteiger partial charge in [0.05, 0.1) is 5.52 Å². The second-order valence-corrected chi connectivity index (χ2v) is 7.79. The molecule has 0 atom stereocenters. The van der Waals surface area contributed by atoms with E-state index >= 15 is 0 Å². The van der Waals surface area contributed by atoms with E-state index in [9.17, 15) is 0 Å². The monoisotopic (exact) mass is 297 g/mol. The van der Waals surface area contributed by atoms with Crippen LogP contribution in [0.25, 0.3) is 16.9 Å². The highest BCUT2D eigenvalue weighted by Crippen LogP contribution is 2.41. The third kappa shape index (κ3) is 2.21. The number of nitrogens with zero attached hydrogens (tertiary/aromatic N) is 4. The van der Waals surface area contributed by atoms with Crippen molar-refractivity contribution in [3.8, 4) is 5.95 Å². The first-order valence-corrected chi connectivity index (χ1v) is 7.59. The van der Waals surface area contributed by atoms with Crippen LogP contribution in [0.2, 0.25) is 0 Å². The average Bonchev–Trinajstić information content (AvgIpc) is 3.01. The summed E-state index contributed by atoms with van der Waals surface area (Å²) in [6.07, 6.45) is 0. The molecule has 3 rings (SSSR count). The maximum Gasteiger partial charge on any atom is 0.274 e. The summed E-state index contributed by atoms with van der Waals surface area (Å²) in [6, 6.07) is 8.44. The minimum absolute atomic E-state index is 0.0250. The third-order valence-electron chi connectivity index (χ3n) is 3.87. The molecular weight excluding hydrogens is 274 g/mol. The lowest BCUT2D eigenvalue weighted by molar-refractivity contribution is 0.511. The standard InChI is InChI=1S/C17H23N5/c1-16(2,3)13-11-9-7-8-10-12(11)22(14(13)17(4,5)6)15-18-20-21-19-15/h7-10H,1-6H3,(H,18,19,20,21). The van der Waals surface area contributed by atoms with Crippen molar-refractivity contribution in [2.45, 2.75) is 52.4 Å². The summed E-state index contributed by atoms with van der Waals surface area (Å²) in [7, 11) is 0. The van der Waals surface area contributed by atoms with Crippen LogP contribution in [0.5, 0.6) is 0 Å². The normalized spacial score (nSPS) is 13.0. The van der Waals surface area contributed by atoms with Crippen LogP contribution in [-0.4, -0.2) is 25.2 Å². The third-order valence-corrected chi connectivity index (χ3v) is 3.87. The number of aromatic amines is 1. The average molecular weight is 297 g/mol. The van der Waals surface area contributed by atoms with E-state index < -0.39 is 0 Å². The van der Waals surface area contributed by atoms with Crippen LogP contribution < -0.4 is 0 Å². The molecule has 22 heavy (non-hydrogen) atoms. The van der Waals surface area contributed by atoms with Gasteiger partial charge in [-0.05, 0) is 22.3 Å². The molecule has 0 aliphatic rings. The lowest BCUT2D eigenvalue weighted by Crippen LogP contribution is -2.24. The molecule has 5 nitrogen and oxygen atoms in total. The molecule has 0 aliphatic heterocycles.